The number of nitrogens with zero attached hydrogens (tertiary/aromatic N) is 1. The van der Waals surface area contributed by atoms with E-state index in [4.69, 9.17) is 13.8 Å². The third-order valence-corrected chi connectivity index (χ3v) is 13.7. The first-order valence-electron chi connectivity index (χ1n) is 29.1. The van der Waals surface area contributed by atoms with Crippen LogP contribution < -0.4 is 5.32 Å². The van der Waals surface area contributed by atoms with Gasteiger partial charge in [-0.2, -0.15) is 0 Å². The summed E-state index contributed by atoms with van der Waals surface area (Å²) in [5, 5.41) is 3.05. The van der Waals surface area contributed by atoms with Gasteiger partial charge in [0.05, 0.1) is 33.8 Å². The Morgan fingerprint density at radius 1 is 0.514 bits per heavy atom. The van der Waals surface area contributed by atoms with Crippen LogP contribution in [0.25, 0.3) is 0 Å². The highest BCUT2D eigenvalue weighted by atomic mass is 31.2. The van der Waals surface area contributed by atoms with Crippen LogP contribution in [0.1, 0.15) is 258 Å². The molecule has 0 saturated heterocycles. The van der Waals surface area contributed by atoms with E-state index < -0.39 is 20.0 Å². The van der Waals surface area contributed by atoms with Gasteiger partial charge in [0, 0.05) is 12.8 Å². The second kappa shape index (κ2) is 50.3. The molecule has 408 valence electrons. The van der Waals surface area contributed by atoms with Gasteiger partial charge in [-0.3, -0.25) is 18.6 Å². The molecule has 0 radical (unpaired) electrons. The van der Waals surface area contributed by atoms with Gasteiger partial charge in [-0.25, -0.2) is 4.57 Å². The largest absolute Gasteiger partial charge is 0.472 e. The van der Waals surface area contributed by atoms with Crippen LogP contribution in [0.2, 0.25) is 0 Å². The topological polar surface area (TPSA) is 111 Å². The van der Waals surface area contributed by atoms with Crippen LogP contribution >= 0.6 is 7.82 Å². The lowest BCUT2D eigenvalue weighted by atomic mass is 10.0. The first kappa shape index (κ1) is 67.7. The lowest BCUT2D eigenvalue weighted by Gasteiger charge is -2.27. The number of hydrogen-bond acceptors (Lipinski definition) is 6. The fourth-order valence-electron chi connectivity index (χ4n) is 8.18. The molecule has 0 spiro atoms. The normalized spacial score (nSPS) is 14.2. The molecule has 0 bridgehead atoms. The van der Waals surface area contributed by atoms with E-state index in [0.29, 0.717) is 17.4 Å². The first-order valence-corrected chi connectivity index (χ1v) is 30.6. The Bertz CT molecular complexity index is 1390. The summed E-state index contributed by atoms with van der Waals surface area (Å²) in [6.45, 7) is 6.87. The van der Waals surface area contributed by atoms with E-state index in [1.54, 1.807) is 0 Å². The van der Waals surface area contributed by atoms with E-state index in [9.17, 15) is 19.0 Å². The summed E-state index contributed by atoms with van der Waals surface area (Å²) in [4.78, 5) is 37.6. The standard InChI is InChI=1S/C60H111N2O7P/c1-7-10-13-16-19-22-25-27-29-30-31-32-33-34-37-40-43-46-49-52-59(63)61-57(56-68-70(65,66)67-55-54-62(4,5)6)58(51-48-45-42-39-36-24-21-18-15-12-9-3)69-60(64)53-50-47-44-41-38-35-28-26-23-20-17-14-11-8-2/h11,14,19-20,22-23,27,29,48,51,57-58H,7-10,12-13,15-18,21,24-26,28,30-47,49-50,52-56H2,1-6H3,(H-,61,63,65,66)/p+1/b14-11+,22-19-,23-20+,29-27-,51-48-. The van der Waals surface area contributed by atoms with Gasteiger partial charge < -0.3 is 19.4 Å². The fourth-order valence-corrected chi connectivity index (χ4v) is 8.92. The van der Waals surface area contributed by atoms with Crippen molar-refractivity contribution in [3.63, 3.8) is 0 Å². The molecule has 0 aliphatic rings. The van der Waals surface area contributed by atoms with Crippen molar-refractivity contribution >= 4 is 19.7 Å². The number of phosphoric ester groups is 1. The van der Waals surface area contributed by atoms with Crippen molar-refractivity contribution in [3.8, 4) is 0 Å². The average molecular weight is 1000 g/mol. The van der Waals surface area contributed by atoms with Crippen molar-refractivity contribution in [2.24, 2.45) is 0 Å². The Balaban J connectivity index is 5.27. The molecule has 9 nitrogen and oxygen atoms in total. The fraction of sp³-hybridized carbons (Fsp3) is 0.800. The number of esters is 1. The highest BCUT2D eigenvalue weighted by molar-refractivity contribution is 7.47. The Morgan fingerprint density at radius 2 is 0.914 bits per heavy atom. The molecule has 0 heterocycles. The lowest BCUT2D eigenvalue weighted by molar-refractivity contribution is -0.870. The van der Waals surface area contributed by atoms with Gasteiger partial charge >= 0.3 is 13.8 Å². The maximum atomic E-state index is 13.5. The van der Waals surface area contributed by atoms with Crippen molar-refractivity contribution in [2.75, 3.05) is 40.9 Å². The third kappa shape index (κ3) is 50.6. The molecule has 2 N–H and O–H groups in total. The average Bonchev–Trinajstić information content (AvgIpc) is 3.32. The summed E-state index contributed by atoms with van der Waals surface area (Å²) in [5.41, 5.74) is 0. The molecule has 3 unspecified atom stereocenters. The number of carbonyl (C=O) groups excluding carboxylic acids is 2. The predicted octanol–water partition coefficient (Wildman–Crippen LogP) is 17.5. The maximum Gasteiger partial charge on any atom is 0.472 e. The minimum Gasteiger partial charge on any atom is -0.456 e. The molecule has 0 aromatic carbocycles. The van der Waals surface area contributed by atoms with Gasteiger partial charge in [-0.15, -0.1) is 0 Å². The van der Waals surface area contributed by atoms with Crippen molar-refractivity contribution in [3.05, 3.63) is 60.8 Å². The number of amides is 1. The second-order valence-electron chi connectivity index (χ2n) is 20.8. The van der Waals surface area contributed by atoms with Gasteiger partial charge in [-0.05, 0) is 89.5 Å². The van der Waals surface area contributed by atoms with Crippen LogP contribution in [0.15, 0.2) is 60.8 Å². The Kier molecular flexibility index (Phi) is 48.6. The maximum absolute atomic E-state index is 13.5. The van der Waals surface area contributed by atoms with Crippen molar-refractivity contribution in [1.29, 1.82) is 0 Å². The highest BCUT2D eigenvalue weighted by Gasteiger charge is 2.30. The molecule has 10 heteroatoms. The van der Waals surface area contributed by atoms with E-state index in [1.165, 1.54) is 135 Å². The Morgan fingerprint density at radius 3 is 1.39 bits per heavy atom. The number of ether oxygens (including phenoxy) is 1. The summed E-state index contributed by atoms with van der Waals surface area (Å²) in [6, 6.07) is -0.853. The number of phosphoric acid groups is 1. The monoisotopic (exact) mass is 1000 g/mol. The van der Waals surface area contributed by atoms with E-state index in [2.05, 4.69) is 74.7 Å². The quantitative estimate of drug-likeness (QED) is 0.0205. The Hall–Kier alpha value is -2.29. The van der Waals surface area contributed by atoms with E-state index >= 15 is 0 Å². The molecule has 0 aromatic rings. The van der Waals surface area contributed by atoms with Crippen LogP contribution in [-0.4, -0.2) is 74.3 Å². The van der Waals surface area contributed by atoms with Crippen molar-refractivity contribution in [2.45, 2.75) is 270 Å². The number of quaternary nitrogens is 1. The third-order valence-electron chi connectivity index (χ3n) is 12.7. The summed E-state index contributed by atoms with van der Waals surface area (Å²) < 4.78 is 30.6. The molecule has 0 aromatic heterocycles. The minimum atomic E-state index is -4.45. The second-order valence-corrected chi connectivity index (χ2v) is 22.2. The Labute approximate surface area is 432 Å². The molecular formula is C60H112N2O7P+. The predicted molar refractivity (Wildman–Crippen MR) is 300 cm³/mol. The smallest absolute Gasteiger partial charge is 0.456 e. The zero-order valence-corrected chi connectivity index (χ0v) is 47.4. The molecule has 1 amide bonds. The van der Waals surface area contributed by atoms with E-state index in [1.807, 2.05) is 33.3 Å². The molecule has 0 saturated carbocycles. The lowest BCUT2D eigenvalue weighted by Crippen LogP contribution is -2.47. The number of unbranched alkanes of at least 4 members (excludes halogenated alkanes) is 28. The van der Waals surface area contributed by atoms with Crippen LogP contribution in [0, 0.1) is 0 Å². The van der Waals surface area contributed by atoms with Crippen molar-refractivity contribution in [1.82, 2.24) is 5.32 Å². The van der Waals surface area contributed by atoms with E-state index in [-0.39, 0.29) is 31.5 Å². The highest BCUT2D eigenvalue weighted by Crippen LogP contribution is 2.43. The number of likely N-dealkylation sites (N-methyl/N-ethyl adjacent to an activating group) is 1. The SMILES string of the molecule is CC/C=C/C/C=C/CCCCCCCCCC(=O)OC(/C=C\CCCCCCCCCCC)C(COP(=O)(O)OCC[N+](C)(C)C)NC(=O)CCCCCCCCCCC/C=C\C/C=C\CCCCC. The zero-order chi connectivity index (χ0) is 51.5. The molecular weight excluding hydrogens is 892 g/mol. The van der Waals surface area contributed by atoms with Crippen LogP contribution in [0.4, 0.5) is 0 Å². The zero-order valence-electron chi connectivity index (χ0n) is 46.5. The van der Waals surface area contributed by atoms with Gasteiger partial charge in [0.2, 0.25) is 5.91 Å². The summed E-state index contributed by atoms with van der Waals surface area (Å²) in [6.07, 6.45) is 62.1. The molecule has 0 fully saturated rings. The molecule has 0 rings (SSSR count). The number of hydrogen-bond donors (Lipinski definition) is 2. The van der Waals surface area contributed by atoms with Gasteiger partial charge in [0.25, 0.3) is 0 Å². The number of carbonyl (C=O) groups is 2. The van der Waals surface area contributed by atoms with Crippen molar-refractivity contribution < 1.29 is 37.3 Å². The molecule has 0 aliphatic carbocycles. The molecule has 0 aliphatic heterocycles. The molecule has 70 heavy (non-hydrogen) atoms. The summed E-state index contributed by atoms with van der Waals surface area (Å²) in [5.74, 6) is -0.518. The van der Waals surface area contributed by atoms with Crippen LogP contribution in [-0.2, 0) is 27.9 Å². The summed E-state index contributed by atoms with van der Waals surface area (Å²) in [7, 11) is 1.49. The van der Waals surface area contributed by atoms with Gasteiger partial charge in [0.15, 0.2) is 0 Å². The molecule has 3 atom stereocenters. The number of allylic oxidation sites excluding steroid dienone is 9. The van der Waals surface area contributed by atoms with Crippen LogP contribution in [0.3, 0.4) is 0 Å². The first-order chi connectivity index (χ1) is 33.9. The summed E-state index contributed by atoms with van der Waals surface area (Å²) >= 11 is 0. The van der Waals surface area contributed by atoms with E-state index in [0.717, 1.165) is 89.9 Å². The van der Waals surface area contributed by atoms with Gasteiger partial charge in [-0.1, -0.05) is 217 Å². The minimum absolute atomic E-state index is 0.0368. The number of nitrogens with one attached hydrogen (secondary N) is 1. The van der Waals surface area contributed by atoms with Crippen LogP contribution in [0.5, 0.6) is 0 Å². The number of rotatable bonds is 52. The van der Waals surface area contributed by atoms with Gasteiger partial charge in [0.1, 0.15) is 19.3 Å².